The summed E-state index contributed by atoms with van der Waals surface area (Å²) in [5, 5.41) is 0. The van der Waals surface area contributed by atoms with Crippen molar-refractivity contribution < 1.29 is 23.8 Å². The fourth-order valence-electron chi connectivity index (χ4n) is 2.42. The summed E-state index contributed by atoms with van der Waals surface area (Å²) in [5.74, 6) is 1.20. The standard InChI is InChI=1S/C21H26N2O5/c1-14(2)18-10-5-15(3)11-19(18)28-13-21(25)23-22-20(24)12-27-17-8-6-16(26-4)7-9-17/h5-11,14H,12-13H2,1-4H3,(H,22,24)(H,23,25). The van der Waals surface area contributed by atoms with Crippen LogP contribution < -0.4 is 25.1 Å². The molecular weight excluding hydrogens is 360 g/mol. The van der Waals surface area contributed by atoms with Gasteiger partial charge in [-0.25, -0.2) is 0 Å². The molecule has 7 heteroatoms. The predicted molar refractivity (Wildman–Crippen MR) is 106 cm³/mol. The Kier molecular flexibility index (Phi) is 7.68. The van der Waals surface area contributed by atoms with E-state index in [1.165, 1.54) is 0 Å². The van der Waals surface area contributed by atoms with Crippen LogP contribution in [0.2, 0.25) is 0 Å². The first-order valence-corrected chi connectivity index (χ1v) is 8.97. The largest absolute Gasteiger partial charge is 0.497 e. The number of hydrogen-bond donors (Lipinski definition) is 2. The zero-order valence-electron chi connectivity index (χ0n) is 16.6. The summed E-state index contributed by atoms with van der Waals surface area (Å²) in [6.07, 6.45) is 0. The molecule has 0 aliphatic carbocycles. The molecule has 0 spiro atoms. The molecule has 0 bridgehead atoms. The molecule has 0 fully saturated rings. The molecule has 2 amide bonds. The number of benzene rings is 2. The molecule has 0 saturated carbocycles. The van der Waals surface area contributed by atoms with Crippen molar-refractivity contribution in [3.63, 3.8) is 0 Å². The number of hydrogen-bond acceptors (Lipinski definition) is 5. The van der Waals surface area contributed by atoms with Crippen LogP contribution in [0.4, 0.5) is 0 Å². The second-order valence-electron chi connectivity index (χ2n) is 6.55. The van der Waals surface area contributed by atoms with Crippen LogP contribution in [-0.2, 0) is 9.59 Å². The van der Waals surface area contributed by atoms with E-state index in [1.54, 1.807) is 31.4 Å². The lowest BCUT2D eigenvalue weighted by atomic mass is 10.0. The second kappa shape index (κ2) is 10.2. The van der Waals surface area contributed by atoms with Crippen LogP contribution in [0.25, 0.3) is 0 Å². The second-order valence-corrected chi connectivity index (χ2v) is 6.55. The van der Waals surface area contributed by atoms with E-state index in [0.717, 1.165) is 11.1 Å². The van der Waals surface area contributed by atoms with Gasteiger partial charge in [0.1, 0.15) is 17.2 Å². The quantitative estimate of drug-likeness (QED) is 0.682. The van der Waals surface area contributed by atoms with Crippen LogP contribution >= 0.6 is 0 Å². The number of aryl methyl sites for hydroxylation is 1. The summed E-state index contributed by atoms with van der Waals surface area (Å²) >= 11 is 0. The van der Waals surface area contributed by atoms with Crippen LogP contribution in [0.15, 0.2) is 42.5 Å². The number of ether oxygens (including phenoxy) is 3. The molecule has 0 atom stereocenters. The maximum absolute atomic E-state index is 11.9. The highest BCUT2D eigenvalue weighted by Crippen LogP contribution is 2.27. The van der Waals surface area contributed by atoms with Crippen molar-refractivity contribution in [3.05, 3.63) is 53.6 Å². The normalized spacial score (nSPS) is 10.3. The minimum absolute atomic E-state index is 0.206. The van der Waals surface area contributed by atoms with Crippen molar-refractivity contribution in [3.8, 4) is 17.2 Å². The van der Waals surface area contributed by atoms with Gasteiger partial charge < -0.3 is 14.2 Å². The molecule has 2 aromatic rings. The van der Waals surface area contributed by atoms with Gasteiger partial charge in [0.05, 0.1) is 7.11 Å². The van der Waals surface area contributed by atoms with E-state index in [4.69, 9.17) is 14.2 Å². The molecule has 0 unspecified atom stereocenters. The lowest BCUT2D eigenvalue weighted by Crippen LogP contribution is -2.45. The number of amides is 2. The van der Waals surface area contributed by atoms with Crippen LogP contribution in [0.3, 0.4) is 0 Å². The molecule has 2 rings (SSSR count). The van der Waals surface area contributed by atoms with E-state index in [0.29, 0.717) is 17.2 Å². The van der Waals surface area contributed by atoms with Crippen LogP contribution in [0.1, 0.15) is 30.9 Å². The summed E-state index contributed by atoms with van der Waals surface area (Å²) in [5.41, 5.74) is 6.67. The molecular formula is C21H26N2O5. The average molecular weight is 386 g/mol. The molecule has 0 aromatic heterocycles. The van der Waals surface area contributed by atoms with Gasteiger partial charge >= 0.3 is 0 Å². The summed E-state index contributed by atoms with van der Waals surface area (Å²) in [7, 11) is 1.57. The number of carbonyl (C=O) groups is 2. The summed E-state index contributed by atoms with van der Waals surface area (Å²) in [6.45, 7) is 5.63. The van der Waals surface area contributed by atoms with E-state index >= 15 is 0 Å². The molecule has 2 aromatic carbocycles. The van der Waals surface area contributed by atoms with E-state index in [-0.39, 0.29) is 19.1 Å². The zero-order valence-corrected chi connectivity index (χ0v) is 16.6. The molecule has 0 heterocycles. The fraction of sp³-hybridized carbons (Fsp3) is 0.333. The molecule has 2 N–H and O–H groups in total. The summed E-state index contributed by atoms with van der Waals surface area (Å²) < 4.78 is 16.0. The third-order valence-electron chi connectivity index (χ3n) is 3.92. The molecule has 0 radical (unpaired) electrons. The Morgan fingerprint density at radius 3 is 2.04 bits per heavy atom. The van der Waals surface area contributed by atoms with E-state index in [1.807, 2.05) is 25.1 Å². The lowest BCUT2D eigenvalue weighted by Gasteiger charge is -2.15. The fourth-order valence-corrected chi connectivity index (χ4v) is 2.42. The SMILES string of the molecule is COc1ccc(OCC(=O)NNC(=O)COc2cc(C)ccc2C(C)C)cc1. The van der Waals surface area contributed by atoms with Gasteiger partial charge in [0.2, 0.25) is 0 Å². The number of hydrazine groups is 1. The Hall–Kier alpha value is -3.22. The number of carbonyl (C=O) groups excluding carboxylic acids is 2. The van der Waals surface area contributed by atoms with Gasteiger partial charge in [-0.05, 0) is 54.3 Å². The first kappa shape index (κ1) is 21.1. The molecule has 150 valence electrons. The molecule has 0 saturated heterocycles. The summed E-state index contributed by atoms with van der Waals surface area (Å²) in [4.78, 5) is 23.7. The molecule has 0 aliphatic rings. The van der Waals surface area contributed by atoms with E-state index in [9.17, 15) is 9.59 Å². The maximum atomic E-state index is 11.9. The highest BCUT2D eigenvalue weighted by molar-refractivity contribution is 5.83. The molecule has 0 aliphatic heterocycles. The Balaban J connectivity index is 1.74. The maximum Gasteiger partial charge on any atom is 0.276 e. The summed E-state index contributed by atoms with van der Waals surface area (Å²) in [6, 6.07) is 12.7. The van der Waals surface area contributed by atoms with E-state index < -0.39 is 11.8 Å². The van der Waals surface area contributed by atoms with Gasteiger partial charge in [-0.15, -0.1) is 0 Å². The highest BCUT2D eigenvalue weighted by Gasteiger charge is 2.11. The van der Waals surface area contributed by atoms with Crippen molar-refractivity contribution in [2.75, 3.05) is 20.3 Å². The Labute approximate surface area is 165 Å². The number of methoxy groups -OCH3 is 1. The Bertz CT molecular complexity index is 803. The third-order valence-corrected chi connectivity index (χ3v) is 3.92. The van der Waals surface area contributed by atoms with Gasteiger partial charge in [0.15, 0.2) is 13.2 Å². The van der Waals surface area contributed by atoms with Crippen molar-refractivity contribution in [2.24, 2.45) is 0 Å². The van der Waals surface area contributed by atoms with Gasteiger partial charge in [0, 0.05) is 0 Å². The average Bonchev–Trinajstić information content (AvgIpc) is 2.69. The third kappa shape index (κ3) is 6.50. The van der Waals surface area contributed by atoms with Gasteiger partial charge in [-0.2, -0.15) is 0 Å². The predicted octanol–water partition coefficient (Wildman–Crippen LogP) is 2.73. The van der Waals surface area contributed by atoms with Crippen molar-refractivity contribution in [2.45, 2.75) is 26.7 Å². The van der Waals surface area contributed by atoms with Crippen molar-refractivity contribution >= 4 is 11.8 Å². The minimum Gasteiger partial charge on any atom is -0.497 e. The number of nitrogens with one attached hydrogen (secondary N) is 2. The van der Waals surface area contributed by atoms with Gasteiger partial charge in [0.25, 0.3) is 11.8 Å². The first-order valence-electron chi connectivity index (χ1n) is 8.97. The number of rotatable bonds is 8. The highest BCUT2D eigenvalue weighted by atomic mass is 16.5. The van der Waals surface area contributed by atoms with Gasteiger partial charge in [-0.3, -0.25) is 20.4 Å². The molecule has 28 heavy (non-hydrogen) atoms. The van der Waals surface area contributed by atoms with Crippen LogP contribution in [0.5, 0.6) is 17.2 Å². The van der Waals surface area contributed by atoms with Crippen LogP contribution in [-0.4, -0.2) is 32.1 Å². The van der Waals surface area contributed by atoms with Crippen molar-refractivity contribution in [1.82, 2.24) is 10.9 Å². The minimum atomic E-state index is -0.484. The van der Waals surface area contributed by atoms with Gasteiger partial charge in [-0.1, -0.05) is 26.0 Å². The van der Waals surface area contributed by atoms with Crippen LogP contribution in [0, 0.1) is 6.92 Å². The zero-order chi connectivity index (χ0) is 20.5. The smallest absolute Gasteiger partial charge is 0.276 e. The van der Waals surface area contributed by atoms with Crippen molar-refractivity contribution in [1.29, 1.82) is 0 Å². The molecule has 7 nitrogen and oxygen atoms in total. The Morgan fingerprint density at radius 1 is 0.893 bits per heavy atom. The van der Waals surface area contributed by atoms with E-state index in [2.05, 4.69) is 24.7 Å². The lowest BCUT2D eigenvalue weighted by molar-refractivity contribution is -0.131. The topological polar surface area (TPSA) is 85.9 Å². The first-order chi connectivity index (χ1) is 13.4. The Morgan fingerprint density at radius 2 is 1.46 bits per heavy atom. The monoisotopic (exact) mass is 386 g/mol.